The Morgan fingerprint density at radius 3 is 2.56 bits per heavy atom. The van der Waals surface area contributed by atoms with Crippen LogP contribution in [0, 0.1) is 0 Å². The van der Waals surface area contributed by atoms with Crippen LogP contribution in [0.1, 0.15) is 30.3 Å². The molecule has 1 unspecified atom stereocenters. The molecule has 2 heterocycles. The Kier molecular flexibility index (Phi) is 4.40. The first-order chi connectivity index (χ1) is 13.0. The van der Waals surface area contributed by atoms with Gasteiger partial charge in [0.2, 0.25) is 5.91 Å². The van der Waals surface area contributed by atoms with Crippen LogP contribution in [0.5, 0.6) is 0 Å². The molecule has 1 aromatic heterocycles. The van der Waals surface area contributed by atoms with E-state index >= 15 is 0 Å². The van der Waals surface area contributed by atoms with Gasteiger partial charge in [-0.05, 0) is 49.7 Å². The standard InChI is InChI=1S/C21H20ClN3O2/c1-13-6-11-19(26)25(13)16-9-7-15(8-10-16)23-21(27)18-12-14-4-3-5-17(22)20(14)24(18)2/h3-5,7-10,12-13H,6,11H2,1-2H3,(H,23,27). The summed E-state index contributed by atoms with van der Waals surface area (Å²) in [5.41, 5.74) is 2.91. The number of benzene rings is 2. The zero-order valence-electron chi connectivity index (χ0n) is 15.2. The van der Waals surface area contributed by atoms with E-state index in [1.54, 1.807) is 4.57 Å². The number of nitrogens with one attached hydrogen (secondary N) is 1. The van der Waals surface area contributed by atoms with Gasteiger partial charge < -0.3 is 14.8 Å². The van der Waals surface area contributed by atoms with Crippen LogP contribution in [0.2, 0.25) is 5.02 Å². The Morgan fingerprint density at radius 2 is 1.93 bits per heavy atom. The number of anilines is 2. The van der Waals surface area contributed by atoms with Crippen LogP contribution in [-0.4, -0.2) is 22.4 Å². The quantitative estimate of drug-likeness (QED) is 0.720. The van der Waals surface area contributed by atoms with Crippen molar-refractivity contribution in [2.24, 2.45) is 7.05 Å². The van der Waals surface area contributed by atoms with Gasteiger partial charge in [-0.3, -0.25) is 9.59 Å². The van der Waals surface area contributed by atoms with Gasteiger partial charge in [0.1, 0.15) is 5.69 Å². The summed E-state index contributed by atoms with van der Waals surface area (Å²) in [6.07, 6.45) is 1.46. The number of carbonyl (C=O) groups is 2. The topological polar surface area (TPSA) is 54.3 Å². The van der Waals surface area contributed by atoms with Crippen LogP contribution in [0.3, 0.4) is 0 Å². The van der Waals surface area contributed by atoms with Crippen molar-refractivity contribution < 1.29 is 9.59 Å². The zero-order valence-corrected chi connectivity index (χ0v) is 16.0. The molecule has 0 spiro atoms. The highest BCUT2D eigenvalue weighted by Crippen LogP contribution is 2.29. The molecule has 2 amide bonds. The molecule has 4 rings (SSSR count). The van der Waals surface area contributed by atoms with Gasteiger partial charge in [0, 0.05) is 36.3 Å². The Labute approximate surface area is 162 Å². The Bertz CT molecular complexity index is 1040. The molecule has 1 N–H and O–H groups in total. The summed E-state index contributed by atoms with van der Waals surface area (Å²) < 4.78 is 1.80. The molecule has 1 fully saturated rings. The first-order valence-corrected chi connectivity index (χ1v) is 9.31. The lowest BCUT2D eigenvalue weighted by molar-refractivity contribution is -0.117. The second-order valence-corrected chi connectivity index (χ2v) is 7.33. The predicted molar refractivity (Wildman–Crippen MR) is 109 cm³/mol. The maximum absolute atomic E-state index is 12.7. The molecule has 6 heteroatoms. The van der Waals surface area contributed by atoms with Gasteiger partial charge in [-0.1, -0.05) is 23.7 Å². The minimum Gasteiger partial charge on any atom is -0.338 e. The third kappa shape index (κ3) is 3.08. The minimum absolute atomic E-state index is 0.145. The third-order valence-electron chi connectivity index (χ3n) is 5.13. The average molecular weight is 382 g/mol. The number of hydrogen-bond donors (Lipinski definition) is 1. The van der Waals surface area contributed by atoms with E-state index in [2.05, 4.69) is 5.32 Å². The number of hydrogen-bond acceptors (Lipinski definition) is 2. The number of aromatic nitrogens is 1. The summed E-state index contributed by atoms with van der Waals surface area (Å²) >= 11 is 6.26. The van der Waals surface area contributed by atoms with Gasteiger partial charge >= 0.3 is 0 Å². The maximum Gasteiger partial charge on any atom is 0.272 e. The van der Waals surface area contributed by atoms with Crippen molar-refractivity contribution >= 4 is 45.7 Å². The lowest BCUT2D eigenvalue weighted by Gasteiger charge is -2.22. The molecular formula is C21H20ClN3O2. The largest absolute Gasteiger partial charge is 0.338 e. The summed E-state index contributed by atoms with van der Waals surface area (Å²) in [5.74, 6) is -0.0604. The Balaban J connectivity index is 1.56. The predicted octanol–water partition coefficient (Wildman–Crippen LogP) is 4.60. The number of fused-ring (bicyclic) bond motifs is 1. The molecule has 3 aromatic rings. The molecule has 0 aliphatic carbocycles. The summed E-state index contributed by atoms with van der Waals surface area (Å²) in [5, 5.41) is 4.45. The molecule has 138 valence electrons. The molecule has 0 bridgehead atoms. The lowest BCUT2D eigenvalue weighted by atomic mass is 10.2. The monoisotopic (exact) mass is 381 g/mol. The van der Waals surface area contributed by atoms with E-state index in [9.17, 15) is 9.59 Å². The highest BCUT2D eigenvalue weighted by molar-refractivity contribution is 6.35. The van der Waals surface area contributed by atoms with Crippen molar-refractivity contribution in [2.45, 2.75) is 25.8 Å². The van der Waals surface area contributed by atoms with Gasteiger partial charge in [-0.25, -0.2) is 0 Å². The van der Waals surface area contributed by atoms with Gasteiger partial charge in [-0.2, -0.15) is 0 Å². The lowest BCUT2D eigenvalue weighted by Crippen LogP contribution is -2.30. The number of halogens is 1. The molecule has 1 saturated heterocycles. The van der Waals surface area contributed by atoms with E-state index < -0.39 is 0 Å². The van der Waals surface area contributed by atoms with Gasteiger partial charge in [-0.15, -0.1) is 0 Å². The van der Waals surface area contributed by atoms with Crippen LogP contribution in [0.15, 0.2) is 48.5 Å². The van der Waals surface area contributed by atoms with Crippen LogP contribution in [-0.2, 0) is 11.8 Å². The molecule has 27 heavy (non-hydrogen) atoms. The van der Waals surface area contributed by atoms with Crippen molar-refractivity contribution in [1.82, 2.24) is 4.57 Å². The first-order valence-electron chi connectivity index (χ1n) is 8.93. The fourth-order valence-corrected chi connectivity index (χ4v) is 4.02. The molecular weight excluding hydrogens is 362 g/mol. The van der Waals surface area contributed by atoms with E-state index in [-0.39, 0.29) is 17.9 Å². The van der Waals surface area contributed by atoms with Crippen molar-refractivity contribution in [3.05, 3.63) is 59.2 Å². The number of rotatable bonds is 3. The van der Waals surface area contributed by atoms with Gasteiger partial charge in [0.25, 0.3) is 5.91 Å². The van der Waals surface area contributed by atoms with E-state index in [1.165, 1.54) is 0 Å². The summed E-state index contributed by atoms with van der Waals surface area (Å²) in [7, 11) is 1.83. The molecule has 0 saturated carbocycles. The molecule has 1 atom stereocenters. The third-order valence-corrected chi connectivity index (χ3v) is 5.43. The number of amides is 2. The first kappa shape index (κ1) is 17.6. The van der Waals surface area contributed by atoms with Crippen molar-refractivity contribution in [3.63, 3.8) is 0 Å². The van der Waals surface area contributed by atoms with Crippen molar-refractivity contribution in [3.8, 4) is 0 Å². The Hall–Kier alpha value is -2.79. The summed E-state index contributed by atoms with van der Waals surface area (Å²) in [6, 6.07) is 15.0. The number of carbonyl (C=O) groups excluding carboxylic acids is 2. The second kappa shape index (κ2) is 6.74. The van der Waals surface area contributed by atoms with E-state index in [0.717, 1.165) is 23.0 Å². The molecule has 1 aliphatic rings. The second-order valence-electron chi connectivity index (χ2n) is 6.92. The van der Waals surface area contributed by atoms with Crippen molar-refractivity contribution in [2.75, 3.05) is 10.2 Å². The van der Waals surface area contributed by atoms with E-state index in [4.69, 9.17) is 11.6 Å². The average Bonchev–Trinajstić information content (AvgIpc) is 3.16. The van der Waals surface area contributed by atoms with Crippen LogP contribution < -0.4 is 10.2 Å². The number of nitrogens with zero attached hydrogens (tertiary/aromatic N) is 2. The van der Waals surface area contributed by atoms with Crippen LogP contribution >= 0.6 is 11.6 Å². The normalized spacial score (nSPS) is 16.9. The van der Waals surface area contributed by atoms with Crippen molar-refractivity contribution in [1.29, 1.82) is 0 Å². The molecule has 1 aliphatic heterocycles. The highest BCUT2D eigenvalue weighted by atomic mass is 35.5. The zero-order chi connectivity index (χ0) is 19.1. The number of para-hydroxylation sites is 1. The fraction of sp³-hybridized carbons (Fsp3) is 0.238. The fourth-order valence-electron chi connectivity index (χ4n) is 3.71. The van der Waals surface area contributed by atoms with E-state index in [1.807, 2.05) is 67.4 Å². The maximum atomic E-state index is 12.7. The molecule has 2 aromatic carbocycles. The molecule has 5 nitrogen and oxygen atoms in total. The van der Waals surface area contributed by atoms with E-state index in [0.29, 0.717) is 22.8 Å². The minimum atomic E-state index is -0.205. The smallest absolute Gasteiger partial charge is 0.272 e. The summed E-state index contributed by atoms with van der Waals surface area (Å²) in [6.45, 7) is 2.05. The van der Waals surface area contributed by atoms with Gasteiger partial charge in [0.15, 0.2) is 0 Å². The summed E-state index contributed by atoms with van der Waals surface area (Å²) in [4.78, 5) is 26.6. The van der Waals surface area contributed by atoms with Crippen LogP contribution in [0.25, 0.3) is 10.9 Å². The van der Waals surface area contributed by atoms with Gasteiger partial charge in [0.05, 0.1) is 10.5 Å². The highest BCUT2D eigenvalue weighted by Gasteiger charge is 2.28. The molecule has 0 radical (unpaired) electrons. The SMILES string of the molecule is CC1CCC(=O)N1c1ccc(NC(=O)c2cc3cccc(Cl)c3n2C)cc1. The number of aryl methyl sites for hydroxylation is 1. The van der Waals surface area contributed by atoms with Crippen LogP contribution in [0.4, 0.5) is 11.4 Å². The Morgan fingerprint density at radius 1 is 1.19 bits per heavy atom.